The molecule has 1 unspecified atom stereocenters. The van der Waals surface area contributed by atoms with E-state index in [2.05, 4.69) is 4.98 Å². The average molecular weight is 435 g/mol. The van der Waals surface area contributed by atoms with Crippen molar-refractivity contribution in [1.82, 2.24) is 9.88 Å². The number of aliphatic hydroxyl groups is 1. The zero-order valence-corrected chi connectivity index (χ0v) is 17.4. The Bertz CT molecular complexity index is 1160. The first-order valence-electron chi connectivity index (χ1n) is 9.57. The molecule has 0 saturated carbocycles. The number of carbonyl (C=O) groups excluding carboxylic acids is 2. The van der Waals surface area contributed by atoms with E-state index in [9.17, 15) is 14.7 Å². The summed E-state index contributed by atoms with van der Waals surface area (Å²) in [5.41, 5.74) is 1.91. The zero-order chi connectivity index (χ0) is 22.0. The quantitative estimate of drug-likeness (QED) is 0.366. The average Bonchev–Trinajstić information content (AvgIpc) is 3.05. The maximum Gasteiger partial charge on any atom is 0.295 e. The minimum absolute atomic E-state index is 0.0228. The summed E-state index contributed by atoms with van der Waals surface area (Å²) in [6.45, 7) is 0.202. The van der Waals surface area contributed by atoms with Crippen molar-refractivity contribution in [3.8, 4) is 5.75 Å². The number of halogens is 1. The van der Waals surface area contributed by atoms with E-state index in [0.29, 0.717) is 16.3 Å². The largest absolute Gasteiger partial charge is 0.507 e. The van der Waals surface area contributed by atoms with E-state index in [1.807, 2.05) is 30.3 Å². The van der Waals surface area contributed by atoms with Gasteiger partial charge < -0.3 is 14.7 Å². The van der Waals surface area contributed by atoms with Crippen LogP contribution in [0.4, 0.5) is 0 Å². The van der Waals surface area contributed by atoms with Gasteiger partial charge in [-0.05, 0) is 41.5 Å². The number of hydrogen-bond donors (Lipinski definition) is 1. The maximum atomic E-state index is 13.0. The van der Waals surface area contributed by atoms with Gasteiger partial charge in [-0.1, -0.05) is 41.9 Å². The zero-order valence-electron chi connectivity index (χ0n) is 16.7. The summed E-state index contributed by atoms with van der Waals surface area (Å²) in [6, 6.07) is 16.7. The van der Waals surface area contributed by atoms with Crippen LogP contribution in [0, 0.1) is 0 Å². The van der Waals surface area contributed by atoms with Gasteiger partial charge in [-0.2, -0.15) is 0 Å². The van der Waals surface area contributed by atoms with E-state index in [1.54, 1.807) is 36.7 Å². The highest BCUT2D eigenvalue weighted by Gasteiger charge is 2.46. The van der Waals surface area contributed by atoms with Gasteiger partial charge in [-0.3, -0.25) is 14.6 Å². The fourth-order valence-electron chi connectivity index (χ4n) is 3.67. The normalized spacial score (nSPS) is 17.7. The van der Waals surface area contributed by atoms with E-state index < -0.39 is 17.7 Å². The molecule has 6 nitrogen and oxygen atoms in total. The van der Waals surface area contributed by atoms with Crippen LogP contribution in [0.25, 0.3) is 5.76 Å². The van der Waals surface area contributed by atoms with Crippen LogP contribution < -0.4 is 4.74 Å². The molecule has 1 saturated heterocycles. The number of pyridine rings is 1. The van der Waals surface area contributed by atoms with E-state index in [0.717, 1.165) is 11.1 Å². The lowest BCUT2D eigenvalue weighted by atomic mass is 9.95. The van der Waals surface area contributed by atoms with Gasteiger partial charge in [0, 0.05) is 24.5 Å². The van der Waals surface area contributed by atoms with Crippen LogP contribution in [0.15, 0.2) is 78.6 Å². The number of carbonyl (C=O) groups is 2. The number of nitrogens with zero attached hydrogens (tertiary/aromatic N) is 2. The van der Waals surface area contributed by atoms with Crippen molar-refractivity contribution in [3.63, 3.8) is 0 Å². The number of likely N-dealkylation sites (tertiary alicyclic amines) is 1. The van der Waals surface area contributed by atoms with Crippen molar-refractivity contribution in [1.29, 1.82) is 0 Å². The molecule has 7 heteroatoms. The van der Waals surface area contributed by atoms with Crippen molar-refractivity contribution in [2.24, 2.45) is 0 Å². The number of hydrogen-bond acceptors (Lipinski definition) is 5. The molecular formula is C24H19ClN2O4. The molecule has 2 aromatic carbocycles. The number of amides is 1. The minimum Gasteiger partial charge on any atom is -0.507 e. The number of methoxy groups -OCH3 is 1. The summed E-state index contributed by atoms with van der Waals surface area (Å²) < 4.78 is 5.22. The summed E-state index contributed by atoms with van der Waals surface area (Å²) in [5, 5.41) is 11.5. The van der Waals surface area contributed by atoms with Gasteiger partial charge in [0.2, 0.25) is 0 Å². The molecule has 2 heterocycles. The Morgan fingerprint density at radius 3 is 2.48 bits per heavy atom. The Morgan fingerprint density at radius 1 is 1.10 bits per heavy atom. The monoisotopic (exact) mass is 434 g/mol. The highest BCUT2D eigenvalue weighted by atomic mass is 35.5. The highest BCUT2D eigenvalue weighted by molar-refractivity contribution is 6.46. The molecule has 1 aromatic heterocycles. The summed E-state index contributed by atoms with van der Waals surface area (Å²) in [7, 11) is 1.46. The van der Waals surface area contributed by atoms with Crippen LogP contribution in [0.5, 0.6) is 5.75 Å². The molecule has 3 aromatic rings. The molecule has 1 atom stereocenters. The van der Waals surface area contributed by atoms with Crippen LogP contribution in [0.3, 0.4) is 0 Å². The Hall–Kier alpha value is -3.64. The fraction of sp³-hybridized carbons (Fsp3) is 0.125. The minimum atomic E-state index is -0.741. The van der Waals surface area contributed by atoms with Crippen LogP contribution >= 0.6 is 11.6 Å². The third kappa shape index (κ3) is 3.90. The lowest BCUT2D eigenvalue weighted by Gasteiger charge is -2.25. The Kier molecular flexibility index (Phi) is 5.73. The third-order valence-corrected chi connectivity index (χ3v) is 5.49. The molecule has 1 aliphatic rings. The van der Waals surface area contributed by atoms with Crippen LogP contribution in [0.1, 0.15) is 22.7 Å². The second-order valence-electron chi connectivity index (χ2n) is 7.04. The molecule has 0 spiro atoms. The fourth-order valence-corrected chi connectivity index (χ4v) is 3.87. The first-order valence-corrected chi connectivity index (χ1v) is 9.95. The van der Waals surface area contributed by atoms with E-state index in [-0.39, 0.29) is 17.9 Å². The number of rotatable bonds is 5. The van der Waals surface area contributed by atoms with Crippen molar-refractivity contribution in [2.45, 2.75) is 12.6 Å². The topological polar surface area (TPSA) is 79.7 Å². The summed E-state index contributed by atoms with van der Waals surface area (Å²) in [5.74, 6) is -1.34. The molecule has 0 bridgehead atoms. The molecule has 0 aliphatic carbocycles. The second kappa shape index (κ2) is 8.62. The molecule has 1 fully saturated rings. The van der Waals surface area contributed by atoms with Gasteiger partial charge in [0.1, 0.15) is 11.5 Å². The van der Waals surface area contributed by atoms with E-state index in [1.165, 1.54) is 18.1 Å². The lowest BCUT2D eigenvalue weighted by molar-refractivity contribution is -0.140. The molecule has 1 amide bonds. The molecule has 31 heavy (non-hydrogen) atoms. The van der Waals surface area contributed by atoms with Crippen LogP contribution in [-0.4, -0.2) is 33.8 Å². The third-order valence-electron chi connectivity index (χ3n) is 5.18. The van der Waals surface area contributed by atoms with Gasteiger partial charge in [-0.25, -0.2) is 0 Å². The number of benzene rings is 2. The van der Waals surface area contributed by atoms with E-state index in [4.69, 9.17) is 16.3 Å². The Labute approximate surface area is 184 Å². The first kappa shape index (κ1) is 20.6. The van der Waals surface area contributed by atoms with Gasteiger partial charge in [0.25, 0.3) is 11.7 Å². The van der Waals surface area contributed by atoms with Crippen molar-refractivity contribution in [2.75, 3.05) is 7.11 Å². The van der Waals surface area contributed by atoms with Crippen molar-refractivity contribution >= 4 is 29.1 Å². The SMILES string of the molecule is COc1cc(/C(O)=C2/C(=O)C(=O)N(Cc3ccncc3)C2c2ccccc2)ccc1Cl. The molecule has 1 N–H and O–H groups in total. The Balaban J connectivity index is 1.86. The van der Waals surface area contributed by atoms with Crippen molar-refractivity contribution < 1.29 is 19.4 Å². The van der Waals surface area contributed by atoms with Gasteiger partial charge in [0.05, 0.1) is 23.7 Å². The molecular weight excluding hydrogens is 416 g/mol. The smallest absolute Gasteiger partial charge is 0.295 e. The molecule has 1 aliphatic heterocycles. The Morgan fingerprint density at radius 2 is 1.81 bits per heavy atom. The molecule has 4 rings (SSSR count). The van der Waals surface area contributed by atoms with Gasteiger partial charge >= 0.3 is 0 Å². The number of aromatic nitrogens is 1. The van der Waals surface area contributed by atoms with Crippen molar-refractivity contribution in [3.05, 3.63) is 100 Å². The lowest BCUT2D eigenvalue weighted by Crippen LogP contribution is -2.29. The second-order valence-corrected chi connectivity index (χ2v) is 7.45. The summed E-state index contributed by atoms with van der Waals surface area (Å²) in [4.78, 5) is 31.5. The number of Topliss-reactive ketones (excluding diaryl/α,β-unsaturated/α-hetero) is 1. The number of ether oxygens (including phenoxy) is 1. The van der Waals surface area contributed by atoms with Gasteiger partial charge in [0.15, 0.2) is 0 Å². The number of aliphatic hydroxyl groups excluding tert-OH is 1. The maximum absolute atomic E-state index is 13.0. The predicted molar refractivity (Wildman–Crippen MR) is 117 cm³/mol. The predicted octanol–water partition coefficient (Wildman–Crippen LogP) is 4.37. The van der Waals surface area contributed by atoms with Crippen LogP contribution in [0.2, 0.25) is 5.02 Å². The standard InChI is InChI=1S/C24H19ClN2O4/c1-31-19-13-17(7-8-18(19)25)22(28)20-21(16-5-3-2-4-6-16)27(24(30)23(20)29)14-15-9-11-26-12-10-15/h2-13,21,28H,14H2,1H3/b22-20-. The van der Waals surface area contributed by atoms with Crippen LogP contribution in [-0.2, 0) is 16.1 Å². The highest BCUT2D eigenvalue weighted by Crippen LogP contribution is 2.41. The summed E-state index contributed by atoms with van der Waals surface area (Å²) in [6.07, 6.45) is 3.26. The number of ketones is 1. The van der Waals surface area contributed by atoms with E-state index >= 15 is 0 Å². The first-order chi connectivity index (χ1) is 15.0. The summed E-state index contributed by atoms with van der Waals surface area (Å²) >= 11 is 6.09. The molecule has 156 valence electrons. The van der Waals surface area contributed by atoms with Gasteiger partial charge in [-0.15, -0.1) is 0 Å². The molecule has 0 radical (unpaired) electrons.